The number of aromatic nitrogens is 1. The highest BCUT2D eigenvalue weighted by Crippen LogP contribution is 2.21. The third-order valence-corrected chi connectivity index (χ3v) is 3.65. The average molecular weight is 294 g/mol. The van der Waals surface area contributed by atoms with E-state index in [0.29, 0.717) is 6.04 Å². The maximum absolute atomic E-state index is 9.22. The van der Waals surface area contributed by atoms with Gasteiger partial charge in [-0.05, 0) is 40.9 Å². The first-order chi connectivity index (χ1) is 8.29. The first-order valence-electron chi connectivity index (χ1n) is 6.06. The van der Waals surface area contributed by atoms with Crippen molar-refractivity contribution >= 4 is 15.9 Å². The molecule has 0 amide bonds. The topological polar surface area (TPSA) is 48.7 Å². The predicted molar refractivity (Wildman–Crippen MR) is 70.3 cm³/mol. The lowest BCUT2D eigenvalue weighted by Gasteiger charge is -2.25. The fraction of sp³-hybridized carbons (Fsp3) is 0.538. The van der Waals surface area contributed by atoms with Gasteiger partial charge in [-0.2, -0.15) is 5.26 Å². The largest absolute Gasteiger partial charge is 0.294 e. The average Bonchev–Trinajstić information content (AvgIpc) is 2.38. The van der Waals surface area contributed by atoms with Crippen molar-refractivity contribution in [1.82, 2.24) is 10.3 Å². The lowest BCUT2D eigenvalue weighted by atomic mass is 9.94. The number of halogens is 1. The molecule has 3 nitrogen and oxygen atoms in total. The van der Waals surface area contributed by atoms with Crippen LogP contribution in [0.25, 0.3) is 0 Å². The normalized spacial score (nSPS) is 18.6. The minimum atomic E-state index is -0.286. The maximum Gasteiger partial charge on any atom is 0.138 e. The Hall–Kier alpha value is -0.920. The van der Waals surface area contributed by atoms with Gasteiger partial charge in [-0.3, -0.25) is 10.3 Å². The predicted octanol–water partition coefficient (Wildman–Crippen LogP) is 3.33. The van der Waals surface area contributed by atoms with E-state index in [9.17, 15) is 5.26 Å². The van der Waals surface area contributed by atoms with Crippen LogP contribution in [0.4, 0.5) is 0 Å². The Bertz CT molecular complexity index is 390. The van der Waals surface area contributed by atoms with E-state index in [1.54, 1.807) is 6.20 Å². The molecule has 1 aromatic heterocycles. The molecule has 1 aliphatic carbocycles. The molecule has 1 atom stereocenters. The van der Waals surface area contributed by atoms with Crippen molar-refractivity contribution in [3.8, 4) is 6.07 Å². The van der Waals surface area contributed by atoms with Crippen LogP contribution in [-0.2, 0) is 0 Å². The van der Waals surface area contributed by atoms with E-state index < -0.39 is 0 Å². The lowest BCUT2D eigenvalue weighted by Crippen LogP contribution is -2.34. The van der Waals surface area contributed by atoms with Crippen molar-refractivity contribution in [3.05, 3.63) is 28.5 Å². The van der Waals surface area contributed by atoms with Crippen LogP contribution < -0.4 is 5.32 Å². The molecule has 0 aromatic carbocycles. The number of hydrogen-bond acceptors (Lipinski definition) is 3. The zero-order valence-corrected chi connectivity index (χ0v) is 11.3. The van der Waals surface area contributed by atoms with Crippen LogP contribution in [0.2, 0.25) is 0 Å². The van der Waals surface area contributed by atoms with Gasteiger partial charge in [0.25, 0.3) is 0 Å². The molecule has 1 heterocycles. The van der Waals surface area contributed by atoms with Crippen LogP contribution >= 0.6 is 15.9 Å². The number of pyridine rings is 1. The highest BCUT2D eigenvalue weighted by atomic mass is 79.9. The van der Waals surface area contributed by atoms with Gasteiger partial charge in [0.05, 0.1) is 11.8 Å². The summed E-state index contributed by atoms with van der Waals surface area (Å²) in [4.78, 5) is 4.28. The van der Waals surface area contributed by atoms with E-state index in [-0.39, 0.29) is 6.04 Å². The smallest absolute Gasteiger partial charge is 0.138 e. The van der Waals surface area contributed by atoms with Crippen molar-refractivity contribution in [3.63, 3.8) is 0 Å². The molecule has 1 unspecified atom stereocenters. The number of hydrogen-bond donors (Lipinski definition) is 1. The van der Waals surface area contributed by atoms with Crippen molar-refractivity contribution in [2.75, 3.05) is 0 Å². The maximum atomic E-state index is 9.22. The molecule has 1 saturated carbocycles. The SMILES string of the molecule is N#CC(NC1CCCCC1)c1ccc(Br)cn1. The standard InChI is InChI=1S/C13H16BrN3/c14-10-6-7-12(16-9-10)13(8-15)17-11-4-2-1-3-5-11/h6-7,9,11,13,17H,1-5H2. The monoisotopic (exact) mass is 293 g/mol. The van der Waals surface area contributed by atoms with Crippen LogP contribution in [0, 0.1) is 11.3 Å². The van der Waals surface area contributed by atoms with Crippen molar-refractivity contribution in [2.45, 2.75) is 44.2 Å². The number of nitrogens with one attached hydrogen (secondary N) is 1. The summed E-state index contributed by atoms with van der Waals surface area (Å²) in [7, 11) is 0. The van der Waals surface area contributed by atoms with E-state index in [1.165, 1.54) is 32.1 Å². The molecule has 17 heavy (non-hydrogen) atoms. The van der Waals surface area contributed by atoms with Gasteiger partial charge in [-0.1, -0.05) is 19.3 Å². The highest BCUT2D eigenvalue weighted by molar-refractivity contribution is 9.10. The zero-order valence-electron chi connectivity index (χ0n) is 9.69. The molecule has 90 valence electrons. The minimum Gasteiger partial charge on any atom is -0.294 e. The van der Waals surface area contributed by atoms with Crippen LogP contribution in [0.1, 0.15) is 43.8 Å². The summed E-state index contributed by atoms with van der Waals surface area (Å²) in [6.45, 7) is 0. The second kappa shape index (κ2) is 6.13. The molecule has 0 radical (unpaired) electrons. The minimum absolute atomic E-state index is 0.286. The Morgan fingerprint density at radius 3 is 2.71 bits per heavy atom. The second-order valence-electron chi connectivity index (χ2n) is 4.46. The summed E-state index contributed by atoms with van der Waals surface area (Å²) in [6.07, 6.45) is 7.95. The molecular weight excluding hydrogens is 278 g/mol. The summed E-state index contributed by atoms with van der Waals surface area (Å²) >= 11 is 3.35. The molecule has 1 fully saturated rings. The van der Waals surface area contributed by atoms with Gasteiger partial charge in [-0.15, -0.1) is 0 Å². The van der Waals surface area contributed by atoms with Crippen molar-refractivity contribution in [2.24, 2.45) is 0 Å². The zero-order chi connectivity index (χ0) is 12.1. The van der Waals surface area contributed by atoms with Crippen LogP contribution in [0.3, 0.4) is 0 Å². The van der Waals surface area contributed by atoms with E-state index in [2.05, 4.69) is 32.3 Å². The summed E-state index contributed by atoms with van der Waals surface area (Å²) in [5.74, 6) is 0. The molecule has 1 N–H and O–H groups in total. The van der Waals surface area contributed by atoms with Gasteiger partial charge < -0.3 is 0 Å². The van der Waals surface area contributed by atoms with Gasteiger partial charge in [0, 0.05) is 16.7 Å². The third kappa shape index (κ3) is 3.52. The first-order valence-corrected chi connectivity index (χ1v) is 6.86. The lowest BCUT2D eigenvalue weighted by molar-refractivity contribution is 0.358. The Morgan fingerprint density at radius 1 is 1.35 bits per heavy atom. The Morgan fingerprint density at radius 2 is 2.12 bits per heavy atom. The first kappa shape index (κ1) is 12.5. The number of nitriles is 1. The molecule has 0 saturated heterocycles. The fourth-order valence-electron chi connectivity index (χ4n) is 2.25. The highest BCUT2D eigenvalue weighted by Gasteiger charge is 2.19. The van der Waals surface area contributed by atoms with Gasteiger partial charge in [0.1, 0.15) is 6.04 Å². The molecule has 0 spiro atoms. The molecule has 1 aliphatic rings. The molecule has 2 rings (SSSR count). The van der Waals surface area contributed by atoms with Gasteiger partial charge in [0.2, 0.25) is 0 Å². The Labute approximate surface area is 110 Å². The molecule has 4 heteroatoms. The third-order valence-electron chi connectivity index (χ3n) is 3.18. The molecular formula is C13H16BrN3. The van der Waals surface area contributed by atoms with Crippen LogP contribution in [0.15, 0.2) is 22.8 Å². The Balaban J connectivity index is 2.01. The summed E-state index contributed by atoms with van der Waals surface area (Å²) < 4.78 is 0.940. The fourth-order valence-corrected chi connectivity index (χ4v) is 2.49. The van der Waals surface area contributed by atoms with E-state index >= 15 is 0 Å². The van der Waals surface area contributed by atoms with E-state index in [1.807, 2.05) is 12.1 Å². The van der Waals surface area contributed by atoms with Crippen LogP contribution in [-0.4, -0.2) is 11.0 Å². The van der Waals surface area contributed by atoms with Crippen LogP contribution in [0.5, 0.6) is 0 Å². The second-order valence-corrected chi connectivity index (χ2v) is 5.38. The summed E-state index contributed by atoms with van der Waals surface area (Å²) in [5.41, 5.74) is 0.807. The number of rotatable bonds is 3. The van der Waals surface area contributed by atoms with Gasteiger partial charge in [-0.25, -0.2) is 0 Å². The summed E-state index contributed by atoms with van der Waals surface area (Å²) in [6, 6.07) is 6.30. The van der Waals surface area contributed by atoms with Gasteiger partial charge in [0.15, 0.2) is 0 Å². The quantitative estimate of drug-likeness (QED) is 0.930. The van der Waals surface area contributed by atoms with Gasteiger partial charge >= 0.3 is 0 Å². The van der Waals surface area contributed by atoms with E-state index in [0.717, 1.165) is 10.2 Å². The summed E-state index contributed by atoms with van der Waals surface area (Å²) in [5, 5.41) is 12.6. The number of nitrogens with zero attached hydrogens (tertiary/aromatic N) is 2. The molecule has 0 aliphatic heterocycles. The Kier molecular flexibility index (Phi) is 4.52. The molecule has 0 bridgehead atoms. The van der Waals surface area contributed by atoms with Crippen molar-refractivity contribution < 1.29 is 0 Å². The van der Waals surface area contributed by atoms with E-state index in [4.69, 9.17) is 0 Å². The molecule has 1 aromatic rings. The van der Waals surface area contributed by atoms with Crippen molar-refractivity contribution in [1.29, 1.82) is 5.26 Å².